The maximum Gasteiger partial charge on any atom is 0.306 e. The van der Waals surface area contributed by atoms with Gasteiger partial charge in [-0.15, -0.1) is 0 Å². The Bertz CT molecular complexity index is 386. The van der Waals surface area contributed by atoms with E-state index in [1.165, 1.54) is 24.3 Å². The number of aliphatic carboxylic acids is 1. The molecule has 0 fully saturated rings. The quantitative estimate of drug-likeness (QED) is 0.831. The van der Waals surface area contributed by atoms with Gasteiger partial charge in [-0.2, -0.15) is 0 Å². The number of hydrogen-bond acceptors (Lipinski definition) is 2. The first-order valence-electron chi connectivity index (χ1n) is 5.54. The Morgan fingerprint density at radius 1 is 1.35 bits per heavy atom. The Morgan fingerprint density at radius 3 is 2.29 bits per heavy atom. The van der Waals surface area contributed by atoms with Crippen LogP contribution >= 0.6 is 0 Å². The van der Waals surface area contributed by atoms with Gasteiger partial charge in [-0.25, -0.2) is 4.39 Å². The highest BCUT2D eigenvalue weighted by atomic mass is 19.1. The average molecular weight is 240 g/mol. The molecular weight excluding hydrogens is 223 g/mol. The fourth-order valence-electron chi connectivity index (χ4n) is 1.98. The van der Waals surface area contributed by atoms with Crippen molar-refractivity contribution in [1.29, 1.82) is 0 Å². The summed E-state index contributed by atoms with van der Waals surface area (Å²) in [5.74, 6) is -1.34. The zero-order valence-corrected chi connectivity index (χ0v) is 9.98. The maximum atomic E-state index is 12.8. The Kier molecular flexibility index (Phi) is 4.23. The molecule has 3 nitrogen and oxygen atoms in total. The molecule has 0 saturated heterocycles. The molecule has 17 heavy (non-hydrogen) atoms. The van der Waals surface area contributed by atoms with E-state index < -0.39 is 17.4 Å². The molecule has 2 N–H and O–H groups in total. The van der Waals surface area contributed by atoms with Crippen molar-refractivity contribution < 1.29 is 19.4 Å². The minimum atomic E-state index is -1.44. The van der Waals surface area contributed by atoms with Crippen LogP contribution in [-0.2, 0) is 10.4 Å². The summed E-state index contributed by atoms with van der Waals surface area (Å²) >= 11 is 0. The molecule has 0 aromatic heterocycles. The van der Waals surface area contributed by atoms with E-state index in [1.54, 1.807) is 0 Å². The van der Waals surface area contributed by atoms with Gasteiger partial charge in [0.05, 0.1) is 6.42 Å². The molecule has 1 aromatic carbocycles. The topological polar surface area (TPSA) is 57.5 Å². The third-order valence-electron chi connectivity index (χ3n) is 2.57. The molecule has 94 valence electrons. The van der Waals surface area contributed by atoms with Crippen LogP contribution in [0.25, 0.3) is 0 Å². The van der Waals surface area contributed by atoms with Crippen molar-refractivity contribution >= 4 is 5.97 Å². The van der Waals surface area contributed by atoms with Gasteiger partial charge in [0.1, 0.15) is 11.4 Å². The van der Waals surface area contributed by atoms with Gasteiger partial charge in [0.15, 0.2) is 0 Å². The molecule has 1 rings (SSSR count). The fraction of sp³-hybridized carbons (Fsp3) is 0.462. The number of carboxylic acids is 1. The lowest BCUT2D eigenvalue weighted by molar-refractivity contribution is -0.143. The van der Waals surface area contributed by atoms with Crippen LogP contribution in [0.2, 0.25) is 0 Å². The highest BCUT2D eigenvalue weighted by Crippen LogP contribution is 2.32. The zero-order chi connectivity index (χ0) is 13.1. The molecule has 0 radical (unpaired) electrons. The highest BCUT2D eigenvalue weighted by Gasteiger charge is 2.32. The van der Waals surface area contributed by atoms with E-state index in [-0.39, 0.29) is 12.3 Å². The Morgan fingerprint density at radius 2 is 1.88 bits per heavy atom. The van der Waals surface area contributed by atoms with E-state index in [2.05, 4.69) is 0 Å². The van der Waals surface area contributed by atoms with Crippen LogP contribution in [0.15, 0.2) is 24.3 Å². The van der Waals surface area contributed by atoms with Crippen LogP contribution in [-0.4, -0.2) is 16.2 Å². The maximum absolute atomic E-state index is 12.8. The second-order valence-corrected chi connectivity index (χ2v) is 4.71. The molecule has 1 atom stereocenters. The van der Waals surface area contributed by atoms with E-state index in [0.29, 0.717) is 12.0 Å². The summed E-state index contributed by atoms with van der Waals surface area (Å²) in [4.78, 5) is 10.8. The van der Waals surface area contributed by atoms with Crippen molar-refractivity contribution in [3.63, 3.8) is 0 Å². The lowest BCUT2D eigenvalue weighted by Crippen LogP contribution is -2.30. The molecule has 0 amide bonds. The monoisotopic (exact) mass is 240 g/mol. The van der Waals surface area contributed by atoms with Gasteiger partial charge in [0.25, 0.3) is 0 Å². The van der Waals surface area contributed by atoms with Crippen molar-refractivity contribution in [2.24, 2.45) is 5.92 Å². The largest absolute Gasteiger partial charge is 0.481 e. The van der Waals surface area contributed by atoms with Crippen LogP contribution in [0.3, 0.4) is 0 Å². The lowest BCUT2D eigenvalue weighted by Gasteiger charge is -2.28. The van der Waals surface area contributed by atoms with Gasteiger partial charge in [0.2, 0.25) is 0 Å². The van der Waals surface area contributed by atoms with Gasteiger partial charge in [0, 0.05) is 0 Å². The van der Waals surface area contributed by atoms with Gasteiger partial charge in [-0.1, -0.05) is 26.0 Å². The molecule has 0 aliphatic carbocycles. The lowest BCUT2D eigenvalue weighted by atomic mass is 9.83. The van der Waals surface area contributed by atoms with E-state index in [9.17, 15) is 14.3 Å². The second kappa shape index (κ2) is 5.27. The second-order valence-electron chi connectivity index (χ2n) is 4.71. The van der Waals surface area contributed by atoms with Gasteiger partial charge >= 0.3 is 5.97 Å². The summed E-state index contributed by atoms with van der Waals surface area (Å²) in [7, 11) is 0. The Balaban J connectivity index is 3.04. The summed E-state index contributed by atoms with van der Waals surface area (Å²) in [5, 5.41) is 19.3. The predicted molar refractivity (Wildman–Crippen MR) is 62.0 cm³/mol. The van der Waals surface area contributed by atoms with Crippen LogP contribution in [0.5, 0.6) is 0 Å². The van der Waals surface area contributed by atoms with E-state index in [0.717, 1.165) is 0 Å². The van der Waals surface area contributed by atoms with E-state index >= 15 is 0 Å². The number of aliphatic hydroxyl groups is 1. The summed E-state index contributed by atoms with van der Waals surface area (Å²) < 4.78 is 12.8. The smallest absolute Gasteiger partial charge is 0.306 e. The highest BCUT2D eigenvalue weighted by molar-refractivity contribution is 5.68. The van der Waals surface area contributed by atoms with Gasteiger partial charge < -0.3 is 10.2 Å². The number of carboxylic acid groups (broad SMARTS) is 1. The number of hydrogen-bond donors (Lipinski definition) is 2. The normalized spacial score (nSPS) is 14.6. The Hall–Kier alpha value is -1.42. The van der Waals surface area contributed by atoms with E-state index in [1.807, 2.05) is 13.8 Å². The predicted octanol–water partition coefficient (Wildman–Crippen LogP) is 2.53. The molecule has 1 aromatic rings. The molecule has 1 unspecified atom stereocenters. The third-order valence-corrected chi connectivity index (χ3v) is 2.57. The number of rotatable bonds is 5. The molecule has 0 aliphatic heterocycles. The fourth-order valence-corrected chi connectivity index (χ4v) is 1.98. The van der Waals surface area contributed by atoms with Crippen molar-refractivity contribution in [2.45, 2.75) is 32.3 Å². The first-order chi connectivity index (χ1) is 7.83. The van der Waals surface area contributed by atoms with E-state index in [4.69, 9.17) is 5.11 Å². The molecule has 0 aliphatic rings. The number of carbonyl (C=O) groups is 1. The van der Waals surface area contributed by atoms with Crippen LogP contribution in [0.1, 0.15) is 32.3 Å². The van der Waals surface area contributed by atoms with Crippen LogP contribution in [0, 0.1) is 11.7 Å². The summed E-state index contributed by atoms with van der Waals surface area (Å²) in [6.45, 7) is 3.80. The average Bonchev–Trinajstić information content (AvgIpc) is 2.15. The molecule has 0 heterocycles. The number of benzene rings is 1. The summed E-state index contributed by atoms with van der Waals surface area (Å²) in [6, 6.07) is 5.31. The standard InChI is InChI=1S/C13H17FO3/c1-9(2)7-13(17,8-12(15)16)10-3-5-11(14)6-4-10/h3-6,9,17H,7-8H2,1-2H3,(H,15,16). The molecular formula is C13H17FO3. The summed E-state index contributed by atoms with van der Waals surface area (Å²) in [6.07, 6.45) is -0.0538. The van der Waals surface area contributed by atoms with Crippen molar-refractivity contribution in [1.82, 2.24) is 0 Å². The van der Waals surface area contributed by atoms with Crippen LogP contribution < -0.4 is 0 Å². The van der Waals surface area contributed by atoms with Crippen molar-refractivity contribution in [3.05, 3.63) is 35.6 Å². The van der Waals surface area contributed by atoms with Gasteiger partial charge in [-0.3, -0.25) is 4.79 Å². The SMILES string of the molecule is CC(C)CC(O)(CC(=O)O)c1ccc(F)cc1. The minimum Gasteiger partial charge on any atom is -0.481 e. The molecule has 0 saturated carbocycles. The number of halogens is 1. The van der Waals surface area contributed by atoms with Crippen molar-refractivity contribution in [2.75, 3.05) is 0 Å². The minimum absolute atomic E-state index is 0.143. The zero-order valence-electron chi connectivity index (χ0n) is 9.98. The van der Waals surface area contributed by atoms with Crippen molar-refractivity contribution in [3.8, 4) is 0 Å². The first-order valence-corrected chi connectivity index (χ1v) is 5.54. The third kappa shape index (κ3) is 3.82. The molecule has 0 bridgehead atoms. The summed E-state index contributed by atoms with van der Waals surface area (Å²) in [5.41, 5.74) is -0.997. The molecule has 0 spiro atoms. The first kappa shape index (κ1) is 13.6. The Labute approximate surface area is 99.9 Å². The van der Waals surface area contributed by atoms with Crippen LogP contribution in [0.4, 0.5) is 4.39 Å². The van der Waals surface area contributed by atoms with Gasteiger partial charge in [-0.05, 0) is 30.0 Å². The molecule has 4 heteroatoms.